The summed E-state index contributed by atoms with van der Waals surface area (Å²) in [6.45, 7) is 3.76. The minimum Gasteiger partial charge on any atom is -0.325 e. The van der Waals surface area contributed by atoms with E-state index >= 15 is 0 Å². The minimum absolute atomic E-state index is 0.114. The van der Waals surface area contributed by atoms with E-state index in [0.29, 0.717) is 10.6 Å². The van der Waals surface area contributed by atoms with Gasteiger partial charge in [0.2, 0.25) is 5.91 Å². The van der Waals surface area contributed by atoms with Crippen LogP contribution in [0.5, 0.6) is 0 Å². The summed E-state index contributed by atoms with van der Waals surface area (Å²) in [7, 11) is 0. The van der Waals surface area contributed by atoms with Crippen LogP contribution in [0.2, 0.25) is 0 Å². The zero-order valence-corrected chi connectivity index (χ0v) is 15.2. The van der Waals surface area contributed by atoms with Crippen LogP contribution >= 0.6 is 34.4 Å². The highest BCUT2D eigenvalue weighted by Gasteiger charge is 2.11. The number of aryl methyl sites for hydroxylation is 2. The van der Waals surface area contributed by atoms with Gasteiger partial charge >= 0.3 is 0 Å². The van der Waals surface area contributed by atoms with Gasteiger partial charge in [-0.1, -0.05) is 17.8 Å². The zero-order valence-electron chi connectivity index (χ0n) is 12.2. The number of hydrogen-bond donors (Lipinski definition) is 1. The number of hydrogen-bond acceptors (Lipinski definition) is 4. The van der Waals surface area contributed by atoms with Gasteiger partial charge in [0.05, 0.1) is 11.3 Å². The first-order valence-corrected chi connectivity index (χ1v) is 8.62. The van der Waals surface area contributed by atoms with Crippen molar-refractivity contribution in [3.63, 3.8) is 0 Å². The van der Waals surface area contributed by atoms with Crippen LogP contribution in [0.4, 0.5) is 5.69 Å². The number of aromatic nitrogens is 1. The average molecular weight is 423 g/mol. The molecule has 4 nitrogen and oxygen atoms in total. The number of benzene rings is 1. The molecular formula is C16H14IN3OS. The predicted octanol–water partition coefficient (Wildman–Crippen LogP) is 3.91. The Kier molecular flexibility index (Phi) is 5.80. The van der Waals surface area contributed by atoms with E-state index < -0.39 is 0 Å². The molecular weight excluding hydrogens is 409 g/mol. The van der Waals surface area contributed by atoms with Crippen molar-refractivity contribution < 1.29 is 4.79 Å². The second-order valence-corrected chi connectivity index (χ2v) is 6.93. The molecule has 0 spiro atoms. The summed E-state index contributed by atoms with van der Waals surface area (Å²) in [6, 6.07) is 11.6. The molecule has 0 aliphatic rings. The van der Waals surface area contributed by atoms with Crippen molar-refractivity contribution in [3.05, 3.63) is 50.7 Å². The first kappa shape index (κ1) is 16.8. The monoisotopic (exact) mass is 423 g/mol. The Morgan fingerprint density at radius 3 is 2.86 bits per heavy atom. The molecule has 0 saturated heterocycles. The summed E-state index contributed by atoms with van der Waals surface area (Å²) in [4.78, 5) is 16.4. The van der Waals surface area contributed by atoms with Gasteiger partial charge in [-0.3, -0.25) is 4.79 Å². The highest BCUT2D eigenvalue weighted by molar-refractivity contribution is 14.1. The van der Waals surface area contributed by atoms with Gasteiger partial charge in [0.1, 0.15) is 11.1 Å². The molecule has 0 aliphatic carbocycles. The third-order valence-electron chi connectivity index (χ3n) is 2.87. The molecule has 2 rings (SSSR count). The van der Waals surface area contributed by atoms with Crippen molar-refractivity contribution in [2.45, 2.75) is 18.9 Å². The van der Waals surface area contributed by atoms with Crippen molar-refractivity contribution >= 4 is 45.9 Å². The van der Waals surface area contributed by atoms with Gasteiger partial charge in [-0.2, -0.15) is 5.26 Å². The number of carbonyl (C=O) groups is 1. The fourth-order valence-electron chi connectivity index (χ4n) is 1.94. The third-order valence-corrected chi connectivity index (χ3v) is 4.52. The van der Waals surface area contributed by atoms with Crippen molar-refractivity contribution in [1.82, 2.24) is 4.98 Å². The van der Waals surface area contributed by atoms with Crippen LogP contribution in [0.25, 0.3) is 0 Å². The molecule has 2 aromatic rings. The molecule has 0 unspecified atom stereocenters. The Balaban J connectivity index is 2.04. The Hall–Kier alpha value is -1.59. The summed E-state index contributed by atoms with van der Waals surface area (Å²) in [5.74, 6) is 0.104. The molecule has 0 fully saturated rings. The van der Waals surface area contributed by atoms with E-state index in [4.69, 9.17) is 0 Å². The van der Waals surface area contributed by atoms with Crippen LogP contribution in [0.1, 0.15) is 16.8 Å². The fraction of sp³-hybridized carbons (Fsp3) is 0.188. The minimum atomic E-state index is -0.114. The molecule has 0 saturated carbocycles. The van der Waals surface area contributed by atoms with E-state index in [2.05, 4.69) is 39.0 Å². The largest absolute Gasteiger partial charge is 0.325 e. The van der Waals surface area contributed by atoms with Gasteiger partial charge in [-0.25, -0.2) is 4.98 Å². The van der Waals surface area contributed by atoms with Crippen molar-refractivity contribution in [3.8, 4) is 6.07 Å². The second-order valence-electron chi connectivity index (χ2n) is 4.72. The van der Waals surface area contributed by atoms with Crippen LogP contribution in [0.15, 0.2) is 35.4 Å². The SMILES string of the molecule is Cc1cc(C)c(C#N)c(SCC(=O)Nc2cccc(I)c2)n1. The number of amides is 1. The average Bonchev–Trinajstić information content (AvgIpc) is 2.44. The smallest absolute Gasteiger partial charge is 0.234 e. The number of rotatable bonds is 4. The number of nitrogens with zero attached hydrogens (tertiary/aromatic N) is 2. The predicted molar refractivity (Wildman–Crippen MR) is 96.9 cm³/mol. The lowest BCUT2D eigenvalue weighted by Crippen LogP contribution is -2.14. The van der Waals surface area contributed by atoms with Gasteiger partial charge in [-0.15, -0.1) is 0 Å². The standard InChI is InChI=1S/C16H14IN3OS/c1-10-6-11(2)19-16(14(10)8-18)22-9-15(21)20-13-5-3-4-12(17)7-13/h3-7H,9H2,1-2H3,(H,20,21). The van der Waals surface area contributed by atoms with Crippen LogP contribution in [-0.4, -0.2) is 16.6 Å². The van der Waals surface area contributed by atoms with Gasteiger partial charge in [0, 0.05) is 15.0 Å². The summed E-state index contributed by atoms with van der Waals surface area (Å²) < 4.78 is 1.06. The van der Waals surface area contributed by atoms with Crippen LogP contribution in [0, 0.1) is 28.7 Å². The molecule has 112 valence electrons. The molecule has 1 amide bonds. The number of pyridine rings is 1. The van der Waals surface area contributed by atoms with Crippen LogP contribution < -0.4 is 5.32 Å². The molecule has 1 aromatic carbocycles. The Morgan fingerprint density at radius 2 is 2.18 bits per heavy atom. The molecule has 0 aliphatic heterocycles. The summed E-state index contributed by atoms with van der Waals surface area (Å²) in [5, 5.41) is 12.7. The van der Waals surface area contributed by atoms with E-state index in [-0.39, 0.29) is 11.7 Å². The number of nitriles is 1. The Labute approximate surface area is 147 Å². The molecule has 0 atom stereocenters. The van der Waals surface area contributed by atoms with E-state index in [0.717, 1.165) is 20.5 Å². The molecule has 0 bridgehead atoms. The number of thioether (sulfide) groups is 1. The van der Waals surface area contributed by atoms with Crippen LogP contribution in [-0.2, 0) is 4.79 Å². The van der Waals surface area contributed by atoms with E-state index in [1.54, 1.807) is 0 Å². The molecule has 1 aromatic heterocycles. The lowest BCUT2D eigenvalue weighted by Gasteiger charge is -2.08. The first-order valence-electron chi connectivity index (χ1n) is 6.56. The maximum atomic E-state index is 12.0. The van der Waals surface area contributed by atoms with Gasteiger partial charge in [-0.05, 0) is 66.3 Å². The highest BCUT2D eigenvalue weighted by atomic mass is 127. The fourth-order valence-corrected chi connectivity index (χ4v) is 3.38. The number of nitrogens with one attached hydrogen (secondary N) is 1. The second kappa shape index (κ2) is 7.61. The topological polar surface area (TPSA) is 65.8 Å². The molecule has 0 radical (unpaired) electrons. The van der Waals surface area contributed by atoms with E-state index in [9.17, 15) is 10.1 Å². The molecule has 1 heterocycles. The van der Waals surface area contributed by atoms with Gasteiger partial charge in [0.15, 0.2) is 0 Å². The summed E-state index contributed by atoms with van der Waals surface area (Å²) in [6.07, 6.45) is 0. The maximum Gasteiger partial charge on any atom is 0.234 e. The third kappa shape index (κ3) is 4.45. The quantitative estimate of drug-likeness (QED) is 0.599. The lowest BCUT2D eigenvalue weighted by molar-refractivity contribution is -0.113. The molecule has 22 heavy (non-hydrogen) atoms. The van der Waals surface area contributed by atoms with Crippen LogP contribution in [0.3, 0.4) is 0 Å². The maximum absolute atomic E-state index is 12.0. The number of carbonyl (C=O) groups excluding carboxylic acids is 1. The van der Waals surface area contributed by atoms with Crippen molar-refractivity contribution in [1.29, 1.82) is 5.26 Å². The normalized spacial score (nSPS) is 10.1. The van der Waals surface area contributed by atoms with Crippen molar-refractivity contribution in [2.24, 2.45) is 0 Å². The Bertz CT molecular complexity index is 756. The summed E-state index contributed by atoms with van der Waals surface area (Å²) in [5.41, 5.74) is 3.04. The number of anilines is 1. The van der Waals surface area contributed by atoms with E-state index in [1.165, 1.54) is 11.8 Å². The number of halogens is 1. The highest BCUT2D eigenvalue weighted by Crippen LogP contribution is 2.23. The molecule has 1 N–H and O–H groups in total. The summed E-state index contributed by atoms with van der Waals surface area (Å²) >= 11 is 3.48. The van der Waals surface area contributed by atoms with E-state index in [1.807, 2.05) is 44.2 Å². The Morgan fingerprint density at radius 1 is 1.41 bits per heavy atom. The van der Waals surface area contributed by atoms with Gasteiger partial charge in [0.25, 0.3) is 0 Å². The zero-order chi connectivity index (χ0) is 16.1. The van der Waals surface area contributed by atoms with Gasteiger partial charge < -0.3 is 5.32 Å². The first-order chi connectivity index (χ1) is 10.5. The lowest BCUT2D eigenvalue weighted by atomic mass is 10.1. The molecule has 6 heteroatoms. The van der Waals surface area contributed by atoms with Crippen molar-refractivity contribution in [2.75, 3.05) is 11.1 Å².